The third kappa shape index (κ3) is 1.78. The zero-order valence-corrected chi connectivity index (χ0v) is 19.2. The van der Waals surface area contributed by atoms with Crippen molar-refractivity contribution in [2.45, 2.75) is 12.8 Å². The van der Waals surface area contributed by atoms with Crippen LogP contribution in [-0.4, -0.2) is 30.6 Å². The highest BCUT2D eigenvalue weighted by Gasteiger charge is 2.33. The lowest BCUT2D eigenvalue weighted by Gasteiger charge is -2.28. The summed E-state index contributed by atoms with van der Waals surface area (Å²) in [6.07, 6.45) is 1.05. The second kappa shape index (κ2) is 5.68. The van der Waals surface area contributed by atoms with E-state index >= 15 is 0 Å². The molecule has 0 aromatic heterocycles. The highest BCUT2D eigenvalue weighted by molar-refractivity contribution is 6.50. The van der Waals surface area contributed by atoms with Crippen LogP contribution < -0.4 is 10.9 Å². The van der Waals surface area contributed by atoms with Crippen LogP contribution in [-0.2, 0) is 12.8 Å². The van der Waals surface area contributed by atoms with E-state index in [2.05, 4.69) is 0 Å². The molecule has 0 fully saturated rings. The monoisotopic (exact) mass is 502 g/mol. The van der Waals surface area contributed by atoms with Gasteiger partial charge in [-0.3, -0.25) is 9.59 Å². The Morgan fingerprint density at radius 2 is 0.974 bits per heavy atom. The first-order valence-electron chi connectivity index (χ1n) is 12.0. The molecule has 1 aliphatic rings. The lowest BCUT2D eigenvalue weighted by molar-refractivity contribution is 0.374. The van der Waals surface area contributed by atoms with E-state index in [1.165, 1.54) is 18.2 Å². The normalized spacial score (nSPS) is 13.9. The fraction of sp³-hybridized carbons (Fsp3) is 0.0667. The van der Waals surface area contributed by atoms with Gasteiger partial charge in [-0.2, -0.15) is 0 Å². The Labute approximate surface area is 209 Å². The smallest absolute Gasteiger partial charge is 0.227 e. The molecule has 0 spiro atoms. The van der Waals surface area contributed by atoms with Gasteiger partial charge in [0, 0.05) is 48.5 Å². The van der Waals surface area contributed by atoms with Crippen LogP contribution in [0.15, 0.2) is 33.9 Å². The van der Waals surface area contributed by atoms with E-state index in [1.807, 2.05) is 0 Å². The summed E-state index contributed by atoms with van der Waals surface area (Å²) < 4.78 is 0. The van der Waals surface area contributed by atoms with Crippen molar-refractivity contribution < 1.29 is 30.6 Å². The summed E-state index contributed by atoms with van der Waals surface area (Å²) in [7, 11) is 0. The molecule has 0 atom stereocenters. The van der Waals surface area contributed by atoms with Crippen molar-refractivity contribution in [3.05, 3.63) is 55.8 Å². The molecule has 0 radical (unpaired) electrons. The van der Waals surface area contributed by atoms with Gasteiger partial charge < -0.3 is 30.6 Å². The van der Waals surface area contributed by atoms with Crippen LogP contribution in [0.3, 0.4) is 0 Å². The van der Waals surface area contributed by atoms with Crippen molar-refractivity contribution in [1.29, 1.82) is 0 Å². The van der Waals surface area contributed by atoms with Gasteiger partial charge in [0.05, 0.1) is 5.39 Å². The van der Waals surface area contributed by atoms with Crippen LogP contribution in [0.5, 0.6) is 34.5 Å². The Bertz CT molecular complexity index is 2550. The zero-order chi connectivity index (χ0) is 26.1. The number of phenolic OH excluding ortho intramolecular Hbond substituents is 6. The van der Waals surface area contributed by atoms with Gasteiger partial charge in [0.2, 0.25) is 11.2 Å². The van der Waals surface area contributed by atoms with Crippen LogP contribution in [0, 0.1) is 0 Å². The van der Waals surface area contributed by atoms with Gasteiger partial charge in [0.15, 0.2) is 34.2 Å². The van der Waals surface area contributed by atoms with Crippen LogP contribution in [0.4, 0.5) is 0 Å². The van der Waals surface area contributed by atoms with Gasteiger partial charge in [-0.05, 0) is 69.8 Å². The number of fused-ring (bicyclic) bond motifs is 1. The standard InChI is InChI=1S/C30H14O8/c31-13-4-8-2-1-7-3-10-18-20(28(36)30(38)27(10)35)9-6-14(32)25(33)11-5-12-19-22(21(13)29(37)26(12)34)16(8)15(7)23(18)24(19)17(9)11/h3-6,32,34-38H,1-2H2. The number of rotatable bonds is 0. The Balaban J connectivity index is 1.87. The first-order valence-corrected chi connectivity index (χ1v) is 12.0. The molecule has 8 aromatic carbocycles. The van der Waals surface area contributed by atoms with E-state index in [0.717, 1.165) is 21.9 Å². The van der Waals surface area contributed by atoms with Crippen molar-refractivity contribution in [3.8, 4) is 34.5 Å². The summed E-state index contributed by atoms with van der Waals surface area (Å²) in [5, 5.41) is 70.7. The average molecular weight is 502 g/mol. The zero-order valence-electron chi connectivity index (χ0n) is 19.2. The molecule has 1 aliphatic carbocycles. The molecule has 0 unspecified atom stereocenters. The SMILES string of the molecule is O=c1c(O)cc2c3c(O)c(O)c(O)c4cc5c6c7c(cc(=O)c8c(O)c(O)c9cc1c2c(c9c87)c6c43)CC5. The fourth-order valence-corrected chi connectivity index (χ4v) is 7.30. The predicted molar refractivity (Wildman–Crippen MR) is 144 cm³/mol. The average Bonchev–Trinajstić information content (AvgIpc) is 2.90. The Kier molecular flexibility index (Phi) is 2.97. The highest BCUT2D eigenvalue weighted by atomic mass is 16.3. The molecule has 0 saturated carbocycles. The van der Waals surface area contributed by atoms with Gasteiger partial charge in [0.1, 0.15) is 0 Å². The highest BCUT2D eigenvalue weighted by Crippen LogP contribution is 2.59. The fourth-order valence-electron chi connectivity index (χ4n) is 7.30. The molecule has 8 heteroatoms. The Morgan fingerprint density at radius 1 is 0.421 bits per heavy atom. The summed E-state index contributed by atoms with van der Waals surface area (Å²) in [6.45, 7) is 0. The molecule has 0 saturated heterocycles. The third-order valence-corrected chi connectivity index (χ3v) is 8.73. The molecule has 9 rings (SSSR count). The minimum absolute atomic E-state index is 0.0205. The number of aryl methyl sites for hydroxylation is 2. The second-order valence-electron chi connectivity index (χ2n) is 10.4. The van der Waals surface area contributed by atoms with Crippen molar-refractivity contribution in [2.24, 2.45) is 0 Å². The van der Waals surface area contributed by atoms with E-state index in [0.29, 0.717) is 45.2 Å². The van der Waals surface area contributed by atoms with Gasteiger partial charge in [-0.1, -0.05) is 0 Å². The van der Waals surface area contributed by atoms with Gasteiger partial charge >= 0.3 is 0 Å². The number of hydrogen-bond donors (Lipinski definition) is 6. The molecule has 0 heterocycles. The maximum atomic E-state index is 13.3. The molecule has 38 heavy (non-hydrogen) atoms. The van der Waals surface area contributed by atoms with Crippen molar-refractivity contribution in [3.63, 3.8) is 0 Å². The van der Waals surface area contributed by atoms with Crippen molar-refractivity contribution >= 4 is 75.4 Å². The van der Waals surface area contributed by atoms with Crippen LogP contribution in [0.25, 0.3) is 75.4 Å². The van der Waals surface area contributed by atoms with Gasteiger partial charge in [0.25, 0.3) is 0 Å². The molecule has 0 bridgehead atoms. The van der Waals surface area contributed by atoms with Crippen LogP contribution in [0.1, 0.15) is 11.1 Å². The van der Waals surface area contributed by atoms with Gasteiger partial charge in [-0.25, -0.2) is 0 Å². The Morgan fingerprint density at radius 3 is 1.71 bits per heavy atom. The number of hydrogen-bond acceptors (Lipinski definition) is 8. The largest absolute Gasteiger partial charge is 0.504 e. The first kappa shape index (κ1) is 19.9. The van der Waals surface area contributed by atoms with E-state index in [4.69, 9.17) is 0 Å². The summed E-state index contributed by atoms with van der Waals surface area (Å²) in [5.74, 6) is -3.54. The van der Waals surface area contributed by atoms with Crippen molar-refractivity contribution in [1.82, 2.24) is 0 Å². The number of benzene rings is 8. The molecule has 8 nitrogen and oxygen atoms in total. The van der Waals surface area contributed by atoms with Crippen LogP contribution in [0.2, 0.25) is 0 Å². The Hall–Kier alpha value is -5.24. The molecular weight excluding hydrogens is 488 g/mol. The van der Waals surface area contributed by atoms with Gasteiger partial charge in [-0.15, -0.1) is 0 Å². The van der Waals surface area contributed by atoms with Crippen LogP contribution >= 0.6 is 0 Å². The summed E-state index contributed by atoms with van der Waals surface area (Å²) >= 11 is 0. The summed E-state index contributed by atoms with van der Waals surface area (Å²) in [5.41, 5.74) is 0.467. The lowest BCUT2D eigenvalue weighted by atomic mass is 9.75. The maximum Gasteiger partial charge on any atom is 0.227 e. The minimum Gasteiger partial charge on any atom is -0.504 e. The topological polar surface area (TPSA) is 156 Å². The maximum absolute atomic E-state index is 13.3. The molecule has 0 aliphatic heterocycles. The first-order chi connectivity index (χ1) is 18.2. The van der Waals surface area contributed by atoms with E-state index in [1.54, 1.807) is 6.07 Å². The minimum atomic E-state index is -0.712. The van der Waals surface area contributed by atoms with Crippen molar-refractivity contribution in [2.75, 3.05) is 0 Å². The number of aromatic hydroxyl groups is 6. The van der Waals surface area contributed by atoms with E-state index in [9.17, 15) is 40.2 Å². The summed E-state index contributed by atoms with van der Waals surface area (Å²) in [6, 6.07) is 5.84. The predicted octanol–water partition coefficient (Wildman–Crippen LogP) is 4.56. The lowest BCUT2D eigenvalue weighted by Crippen LogP contribution is -2.11. The molecule has 6 N–H and O–H groups in total. The van der Waals surface area contributed by atoms with E-state index in [-0.39, 0.29) is 32.3 Å². The molecule has 0 amide bonds. The third-order valence-electron chi connectivity index (χ3n) is 8.73. The quantitative estimate of drug-likeness (QED) is 0.100. The molecule has 182 valence electrons. The summed E-state index contributed by atoms with van der Waals surface area (Å²) in [4.78, 5) is 26.5. The molecule has 8 aromatic rings. The number of phenols is 6. The second-order valence-corrected chi connectivity index (χ2v) is 10.4. The van der Waals surface area contributed by atoms with E-state index < -0.39 is 45.4 Å². The molecular formula is C30H14O8.